The normalized spacial score (nSPS) is 11.2. The molecule has 2 aromatic carbocycles. The minimum absolute atomic E-state index is 0.137. The van der Waals surface area contributed by atoms with Gasteiger partial charge in [0.25, 0.3) is 5.56 Å². The number of fused-ring (bicyclic) bond motifs is 3. The molecule has 4 rings (SSSR count). The molecule has 130 valence electrons. The van der Waals surface area contributed by atoms with Gasteiger partial charge < -0.3 is 10.3 Å². The molecule has 0 saturated heterocycles. The highest BCUT2D eigenvalue weighted by Gasteiger charge is 2.16. The maximum absolute atomic E-state index is 14.1. The Bertz CT molecular complexity index is 1220. The van der Waals surface area contributed by atoms with Gasteiger partial charge in [0.2, 0.25) is 0 Å². The lowest BCUT2D eigenvalue weighted by Crippen LogP contribution is -2.08. The Morgan fingerprint density at radius 2 is 1.81 bits per heavy atom. The van der Waals surface area contributed by atoms with E-state index in [0.29, 0.717) is 22.4 Å². The third-order valence-electron chi connectivity index (χ3n) is 3.93. The lowest BCUT2D eigenvalue weighted by Gasteiger charge is -2.13. The van der Waals surface area contributed by atoms with E-state index in [4.69, 9.17) is 11.6 Å². The summed E-state index contributed by atoms with van der Waals surface area (Å²) < 4.78 is 41.0. The van der Waals surface area contributed by atoms with Crippen LogP contribution in [0.25, 0.3) is 21.7 Å². The van der Waals surface area contributed by atoms with E-state index in [1.807, 2.05) is 0 Å². The van der Waals surface area contributed by atoms with Crippen molar-refractivity contribution in [2.24, 2.45) is 0 Å². The fourth-order valence-corrected chi connectivity index (χ4v) is 3.05. The van der Waals surface area contributed by atoms with E-state index in [2.05, 4.69) is 15.3 Å². The molecule has 0 saturated carbocycles. The van der Waals surface area contributed by atoms with Gasteiger partial charge in [0.15, 0.2) is 5.82 Å². The topological polar surface area (TPSA) is 57.8 Å². The van der Waals surface area contributed by atoms with E-state index in [1.54, 1.807) is 6.07 Å². The van der Waals surface area contributed by atoms with E-state index >= 15 is 0 Å². The van der Waals surface area contributed by atoms with E-state index < -0.39 is 23.0 Å². The second-order valence-corrected chi connectivity index (χ2v) is 5.99. The first-order valence-electron chi connectivity index (χ1n) is 7.46. The minimum atomic E-state index is -0.908. The number of rotatable bonds is 2. The van der Waals surface area contributed by atoms with Gasteiger partial charge in [0.05, 0.1) is 21.6 Å². The SMILES string of the molecule is O=c1[nH]ccc2c(Nc3c(F)cc(F)cc3Cl)nc3ccc(F)cc3c12. The standard InChI is InChI=1S/C18H9ClF3N3O/c19-12-6-9(21)7-13(22)16(12)25-17-10-3-4-23-18(26)15(10)11-5-8(20)1-2-14(11)24-17/h1-7H,(H,23,26)(H,24,25). The monoisotopic (exact) mass is 375 g/mol. The Labute approximate surface area is 149 Å². The molecular formula is C18H9ClF3N3O. The number of aromatic nitrogens is 2. The van der Waals surface area contributed by atoms with Crippen molar-refractivity contribution in [1.29, 1.82) is 0 Å². The van der Waals surface area contributed by atoms with E-state index in [-0.39, 0.29) is 21.9 Å². The molecular weight excluding hydrogens is 367 g/mol. The molecule has 2 heterocycles. The van der Waals surface area contributed by atoms with Gasteiger partial charge in [-0.15, -0.1) is 0 Å². The van der Waals surface area contributed by atoms with Crippen LogP contribution in [0.15, 0.2) is 47.4 Å². The lowest BCUT2D eigenvalue weighted by atomic mass is 10.1. The number of nitrogens with zero attached hydrogens (tertiary/aromatic N) is 1. The number of pyridine rings is 2. The molecule has 0 aliphatic rings. The van der Waals surface area contributed by atoms with E-state index in [1.165, 1.54) is 24.4 Å². The lowest BCUT2D eigenvalue weighted by molar-refractivity contribution is 0.586. The van der Waals surface area contributed by atoms with Crippen molar-refractivity contribution in [1.82, 2.24) is 9.97 Å². The average molecular weight is 376 g/mol. The van der Waals surface area contributed by atoms with Crippen LogP contribution in [0, 0.1) is 17.5 Å². The zero-order valence-electron chi connectivity index (χ0n) is 12.9. The van der Waals surface area contributed by atoms with E-state index in [9.17, 15) is 18.0 Å². The Morgan fingerprint density at radius 1 is 1.00 bits per heavy atom. The number of benzene rings is 2. The molecule has 0 aliphatic carbocycles. The number of hydrogen-bond acceptors (Lipinski definition) is 3. The smallest absolute Gasteiger partial charge is 0.256 e. The second-order valence-electron chi connectivity index (χ2n) is 5.59. The molecule has 0 bridgehead atoms. The summed E-state index contributed by atoms with van der Waals surface area (Å²) in [7, 11) is 0. The quantitative estimate of drug-likeness (QED) is 0.490. The molecule has 0 unspecified atom stereocenters. The summed E-state index contributed by atoms with van der Waals surface area (Å²) in [4.78, 5) is 19.2. The zero-order valence-corrected chi connectivity index (χ0v) is 13.7. The maximum Gasteiger partial charge on any atom is 0.256 e. The van der Waals surface area contributed by atoms with Crippen LogP contribution in [0.5, 0.6) is 0 Å². The van der Waals surface area contributed by atoms with Gasteiger partial charge >= 0.3 is 0 Å². The first-order chi connectivity index (χ1) is 12.4. The van der Waals surface area contributed by atoms with Crippen LogP contribution in [-0.4, -0.2) is 9.97 Å². The number of H-pyrrole nitrogens is 1. The minimum Gasteiger partial charge on any atom is -0.336 e. The number of halogens is 4. The van der Waals surface area contributed by atoms with Crippen molar-refractivity contribution in [3.8, 4) is 0 Å². The van der Waals surface area contributed by atoms with Crippen LogP contribution in [0.3, 0.4) is 0 Å². The molecule has 2 N–H and O–H groups in total. The first-order valence-corrected chi connectivity index (χ1v) is 7.84. The van der Waals surface area contributed by atoms with Crippen LogP contribution < -0.4 is 10.9 Å². The summed E-state index contributed by atoms with van der Waals surface area (Å²) >= 11 is 5.92. The molecule has 26 heavy (non-hydrogen) atoms. The number of nitrogens with one attached hydrogen (secondary N) is 2. The Kier molecular flexibility index (Phi) is 3.81. The molecule has 0 aliphatic heterocycles. The second kappa shape index (κ2) is 6.03. The van der Waals surface area contributed by atoms with Gasteiger partial charge in [-0.25, -0.2) is 18.2 Å². The van der Waals surface area contributed by atoms with Crippen LogP contribution in [0.2, 0.25) is 5.02 Å². The van der Waals surface area contributed by atoms with Gasteiger partial charge in [-0.3, -0.25) is 4.79 Å². The highest BCUT2D eigenvalue weighted by Crippen LogP contribution is 2.33. The van der Waals surface area contributed by atoms with Crippen LogP contribution in [0.4, 0.5) is 24.7 Å². The molecule has 0 atom stereocenters. The summed E-state index contributed by atoms with van der Waals surface area (Å²) in [5.74, 6) is -2.11. The maximum atomic E-state index is 14.1. The zero-order chi connectivity index (χ0) is 18.4. The van der Waals surface area contributed by atoms with Crippen molar-refractivity contribution >= 4 is 44.8 Å². The third kappa shape index (κ3) is 2.66. The first kappa shape index (κ1) is 16.4. The average Bonchev–Trinajstić information content (AvgIpc) is 2.58. The molecule has 0 radical (unpaired) electrons. The van der Waals surface area contributed by atoms with E-state index in [0.717, 1.165) is 6.07 Å². The predicted octanol–water partition coefficient (Wildman–Crippen LogP) is 4.89. The number of hydrogen-bond donors (Lipinski definition) is 2. The molecule has 2 aromatic heterocycles. The fraction of sp³-hybridized carbons (Fsp3) is 0. The molecule has 0 fully saturated rings. The van der Waals surface area contributed by atoms with Crippen molar-refractivity contribution < 1.29 is 13.2 Å². The van der Waals surface area contributed by atoms with Crippen molar-refractivity contribution in [3.05, 3.63) is 75.4 Å². The van der Waals surface area contributed by atoms with Crippen molar-refractivity contribution in [3.63, 3.8) is 0 Å². The molecule has 8 heteroatoms. The largest absolute Gasteiger partial charge is 0.336 e. The molecule has 4 nitrogen and oxygen atoms in total. The van der Waals surface area contributed by atoms with Crippen molar-refractivity contribution in [2.45, 2.75) is 0 Å². The summed E-state index contributed by atoms with van der Waals surface area (Å²) in [6.45, 7) is 0. The Hall–Kier alpha value is -3.06. The summed E-state index contributed by atoms with van der Waals surface area (Å²) in [5.41, 5.74) is -0.297. The highest BCUT2D eigenvalue weighted by atomic mass is 35.5. The third-order valence-corrected chi connectivity index (χ3v) is 4.22. The highest BCUT2D eigenvalue weighted by molar-refractivity contribution is 6.33. The molecule has 0 spiro atoms. The van der Waals surface area contributed by atoms with Crippen LogP contribution in [-0.2, 0) is 0 Å². The van der Waals surface area contributed by atoms with Gasteiger partial charge in [0, 0.05) is 23.0 Å². The molecule has 4 aromatic rings. The summed E-state index contributed by atoms with van der Waals surface area (Å²) in [6.07, 6.45) is 1.39. The van der Waals surface area contributed by atoms with Gasteiger partial charge in [-0.1, -0.05) is 11.6 Å². The van der Waals surface area contributed by atoms with Crippen LogP contribution >= 0.6 is 11.6 Å². The Balaban J connectivity index is 2.03. The van der Waals surface area contributed by atoms with Gasteiger partial charge in [-0.2, -0.15) is 0 Å². The van der Waals surface area contributed by atoms with Gasteiger partial charge in [-0.05, 0) is 30.3 Å². The van der Waals surface area contributed by atoms with Gasteiger partial charge in [0.1, 0.15) is 17.5 Å². The van der Waals surface area contributed by atoms with Crippen LogP contribution in [0.1, 0.15) is 0 Å². The Morgan fingerprint density at radius 3 is 2.58 bits per heavy atom. The predicted molar refractivity (Wildman–Crippen MR) is 94.5 cm³/mol. The summed E-state index contributed by atoms with van der Waals surface area (Å²) in [6, 6.07) is 7.00. The number of anilines is 2. The number of aromatic amines is 1. The fourth-order valence-electron chi connectivity index (χ4n) is 2.81. The summed E-state index contributed by atoms with van der Waals surface area (Å²) in [5, 5.41) is 3.38. The molecule has 0 amide bonds. The van der Waals surface area contributed by atoms with Crippen molar-refractivity contribution in [2.75, 3.05) is 5.32 Å².